The summed E-state index contributed by atoms with van der Waals surface area (Å²) in [5.41, 5.74) is 6.01. The zero-order chi connectivity index (χ0) is 12.3. The molecule has 1 aliphatic heterocycles. The first kappa shape index (κ1) is 12.7. The fourth-order valence-electron chi connectivity index (χ4n) is 2.78. The predicted octanol–water partition coefficient (Wildman–Crippen LogP) is 1.19. The van der Waals surface area contributed by atoms with Crippen LogP contribution in [-0.2, 0) is 0 Å². The van der Waals surface area contributed by atoms with Crippen molar-refractivity contribution >= 4 is 5.96 Å². The molecular formula is C13H25N3O. The molecule has 0 aromatic rings. The van der Waals surface area contributed by atoms with Crippen LogP contribution in [0.1, 0.15) is 39.0 Å². The number of rotatable bonds is 2. The third kappa shape index (κ3) is 3.35. The Morgan fingerprint density at radius 2 is 2.00 bits per heavy atom. The largest absolute Gasteiger partial charge is 0.393 e. The molecule has 1 saturated heterocycles. The van der Waals surface area contributed by atoms with Gasteiger partial charge < -0.3 is 15.7 Å². The number of aliphatic hydroxyl groups excluding tert-OH is 1. The molecule has 98 valence electrons. The molecule has 2 aliphatic rings. The summed E-state index contributed by atoms with van der Waals surface area (Å²) in [5, 5.41) is 9.72. The van der Waals surface area contributed by atoms with E-state index in [1.165, 1.54) is 12.8 Å². The first-order valence-corrected chi connectivity index (χ1v) is 6.89. The van der Waals surface area contributed by atoms with Gasteiger partial charge in [0, 0.05) is 25.6 Å². The van der Waals surface area contributed by atoms with Crippen LogP contribution in [0.5, 0.6) is 0 Å². The van der Waals surface area contributed by atoms with E-state index in [4.69, 9.17) is 5.73 Å². The van der Waals surface area contributed by atoms with E-state index < -0.39 is 0 Å². The van der Waals surface area contributed by atoms with E-state index in [1.807, 2.05) is 0 Å². The summed E-state index contributed by atoms with van der Waals surface area (Å²) in [6.45, 7) is 5.05. The van der Waals surface area contributed by atoms with E-state index >= 15 is 0 Å². The molecule has 2 fully saturated rings. The number of aliphatic hydroxyl groups is 1. The standard InChI is InChI=1S/C13H25N3O/c1-10-5-7-16(8-6-10)13(14)15-9-11-3-2-4-12(11)17/h10-12,17H,2-9H2,1H3,(H2,14,15). The summed E-state index contributed by atoms with van der Waals surface area (Å²) in [5.74, 6) is 1.82. The van der Waals surface area contributed by atoms with Gasteiger partial charge >= 0.3 is 0 Å². The Morgan fingerprint density at radius 1 is 1.29 bits per heavy atom. The second-order valence-electron chi connectivity index (χ2n) is 5.63. The van der Waals surface area contributed by atoms with Gasteiger partial charge in [0.2, 0.25) is 0 Å². The molecule has 0 amide bonds. The summed E-state index contributed by atoms with van der Waals surface area (Å²) < 4.78 is 0. The number of hydrogen-bond acceptors (Lipinski definition) is 2. The molecule has 0 bridgehead atoms. The monoisotopic (exact) mass is 239 g/mol. The Bertz CT molecular complexity index is 272. The lowest BCUT2D eigenvalue weighted by Crippen LogP contribution is -2.42. The molecule has 1 aliphatic carbocycles. The number of guanidine groups is 1. The zero-order valence-electron chi connectivity index (χ0n) is 10.8. The summed E-state index contributed by atoms with van der Waals surface area (Å²) in [6.07, 6.45) is 5.41. The third-order valence-electron chi connectivity index (χ3n) is 4.21. The second-order valence-corrected chi connectivity index (χ2v) is 5.63. The van der Waals surface area contributed by atoms with Crippen LogP contribution in [0, 0.1) is 11.8 Å². The quantitative estimate of drug-likeness (QED) is 0.562. The highest BCUT2D eigenvalue weighted by Gasteiger charge is 2.25. The van der Waals surface area contributed by atoms with Crippen molar-refractivity contribution in [2.45, 2.75) is 45.1 Å². The van der Waals surface area contributed by atoms with Gasteiger partial charge in [-0.2, -0.15) is 0 Å². The SMILES string of the molecule is CC1CCN(C(N)=NCC2CCCC2O)CC1. The molecule has 0 radical (unpaired) electrons. The Morgan fingerprint density at radius 3 is 2.59 bits per heavy atom. The van der Waals surface area contributed by atoms with E-state index in [9.17, 15) is 5.11 Å². The van der Waals surface area contributed by atoms with Gasteiger partial charge in [0.15, 0.2) is 5.96 Å². The van der Waals surface area contributed by atoms with Crippen molar-refractivity contribution in [1.29, 1.82) is 0 Å². The minimum absolute atomic E-state index is 0.159. The smallest absolute Gasteiger partial charge is 0.191 e. The van der Waals surface area contributed by atoms with E-state index in [1.54, 1.807) is 0 Å². The molecule has 1 saturated carbocycles. The number of nitrogens with zero attached hydrogens (tertiary/aromatic N) is 2. The van der Waals surface area contributed by atoms with Crippen LogP contribution in [0.15, 0.2) is 4.99 Å². The molecule has 4 heteroatoms. The number of piperidine rings is 1. The van der Waals surface area contributed by atoms with E-state index in [0.29, 0.717) is 18.4 Å². The average Bonchev–Trinajstić information content (AvgIpc) is 2.73. The van der Waals surface area contributed by atoms with Crippen LogP contribution in [0.3, 0.4) is 0 Å². The zero-order valence-corrected chi connectivity index (χ0v) is 10.8. The molecule has 0 aromatic carbocycles. The van der Waals surface area contributed by atoms with Gasteiger partial charge in [0.1, 0.15) is 0 Å². The van der Waals surface area contributed by atoms with Gasteiger partial charge in [-0.25, -0.2) is 0 Å². The molecule has 2 rings (SSSR count). The van der Waals surface area contributed by atoms with Crippen molar-refractivity contribution in [1.82, 2.24) is 4.90 Å². The van der Waals surface area contributed by atoms with Crippen molar-refractivity contribution < 1.29 is 5.11 Å². The maximum absolute atomic E-state index is 9.72. The normalized spacial score (nSPS) is 32.1. The first-order chi connectivity index (χ1) is 8.16. The Balaban J connectivity index is 1.80. The Labute approximate surface area is 104 Å². The third-order valence-corrected chi connectivity index (χ3v) is 4.21. The molecule has 1 heterocycles. The van der Waals surface area contributed by atoms with Crippen LogP contribution in [-0.4, -0.2) is 41.7 Å². The summed E-state index contributed by atoms with van der Waals surface area (Å²) in [6, 6.07) is 0. The van der Waals surface area contributed by atoms with Gasteiger partial charge in [-0.3, -0.25) is 4.99 Å². The summed E-state index contributed by atoms with van der Waals surface area (Å²) >= 11 is 0. The van der Waals surface area contributed by atoms with Gasteiger partial charge in [0.25, 0.3) is 0 Å². The molecular weight excluding hydrogens is 214 g/mol. The van der Waals surface area contributed by atoms with E-state index in [2.05, 4.69) is 16.8 Å². The second kappa shape index (κ2) is 5.71. The highest BCUT2D eigenvalue weighted by atomic mass is 16.3. The molecule has 2 unspecified atom stereocenters. The molecule has 0 spiro atoms. The van der Waals surface area contributed by atoms with E-state index in [0.717, 1.165) is 38.3 Å². The lowest BCUT2D eigenvalue weighted by atomic mass is 10.00. The predicted molar refractivity (Wildman–Crippen MR) is 69.8 cm³/mol. The minimum atomic E-state index is -0.159. The maximum atomic E-state index is 9.72. The topological polar surface area (TPSA) is 61.8 Å². The van der Waals surface area contributed by atoms with Crippen molar-refractivity contribution in [3.63, 3.8) is 0 Å². The van der Waals surface area contributed by atoms with Crippen LogP contribution >= 0.6 is 0 Å². The summed E-state index contributed by atoms with van der Waals surface area (Å²) in [7, 11) is 0. The van der Waals surface area contributed by atoms with Gasteiger partial charge in [0.05, 0.1) is 6.10 Å². The number of likely N-dealkylation sites (tertiary alicyclic amines) is 1. The number of nitrogens with two attached hydrogens (primary N) is 1. The maximum Gasteiger partial charge on any atom is 0.191 e. The Hall–Kier alpha value is -0.770. The Kier molecular flexibility index (Phi) is 4.26. The first-order valence-electron chi connectivity index (χ1n) is 6.89. The molecule has 2 atom stereocenters. The van der Waals surface area contributed by atoms with Gasteiger partial charge in [-0.1, -0.05) is 13.3 Å². The van der Waals surface area contributed by atoms with Crippen LogP contribution in [0.25, 0.3) is 0 Å². The highest BCUT2D eigenvalue weighted by Crippen LogP contribution is 2.25. The number of aliphatic imine (C=N–C) groups is 1. The lowest BCUT2D eigenvalue weighted by molar-refractivity contribution is 0.136. The van der Waals surface area contributed by atoms with E-state index in [-0.39, 0.29) is 6.10 Å². The highest BCUT2D eigenvalue weighted by molar-refractivity contribution is 5.78. The molecule has 3 N–H and O–H groups in total. The average molecular weight is 239 g/mol. The fourth-order valence-corrected chi connectivity index (χ4v) is 2.78. The van der Waals surface area contributed by atoms with Gasteiger partial charge in [-0.15, -0.1) is 0 Å². The van der Waals surface area contributed by atoms with Crippen LogP contribution in [0.4, 0.5) is 0 Å². The minimum Gasteiger partial charge on any atom is -0.393 e. The van der Waals surface area contributed by atoms with Crippen LogP contribution in [0.2, 0.25) is 0 Å². The van der Waals surface area contributed by atoms with Crippen LogP contribution < -0.4 is 5.73 Å². The van der Waals surface area contributed by atoms with Gasteiger partial charge in [-0.05, 0) is 31.6 Å². The summed E-state index contributed by atoms with van der Waals surface area (Å²) in [4.78, 5) is 6.65. The molecule has 17 heavy (non-hydrogen) atoms. The van der Waals surface area contributed by atoms with Crippen molar-refractivity contribution in [3.05, 3.63) is 0 Å². The number of hydrogen-bond donors (Lipinski definition) is 2. The van der Waals surface area contributed by atoms with Crippen molar-refractivity contribution in [3.8, 4) is 0 Å². The lowest BCUT2D eigenvalue weighted by Gasteiger charge is -2.31. The fraction of sp³-hybridized carbons (Fsp3) is 0.923. The molecule has 4 nitrogen and oxygen atoms in total. The molecule has 0 aromatic heterocycles. The van der Waals surface area contributed by atoms with Crippen molar-refractivity contribution in [2.24, 2.45) is 22.6 Å². The van der Waals surface area contributed by atoms with Crippen molar-refractivity contribution in [2.75, 3.05) is 19.6 Å².